The molecule has 0 amide bonds. The van der Waals surface area contributed by atoms with Crippen LogP contribution in [0, 0.1) is 5.92 Å². The lowest BCUT2D eigenvalue weighted by molar-refractivity contribution is -0.0526. The Bertz CT molecular complexity index is 225. The van der Waals surface area contributed by atoms with E-state index in [9.17, 15) is 10.2 Å². The molecule has 0 spiro atoms. The third kappa shape index (κ3) is 3.65. The molecule has 2 N–H and O–H groups in total. The maximum Gasteiger partial charge on any atom is 0.0624 e. The van der Waals surface area contributed by atoms with Gasteiger partial charge in [0.1, 0.15) is 0 Å². The minimum Gasteiger partial charge on any atom is -0.395 e. The van der Waals surface area contributed by atoms with Crippen molar-refractivity contribution in [1.29, 1.82) is 0 Å². The molecular formula is C13H25NO3. The molecule has 0 aromatic heterocycles. The first-order chi connectivity index (χ1) is 8.31. The van der Waals surface area contributed by atoms with Gasteiger partial charge in [0.05, 0.1) is 19.3 Å². The van der Waals surface area contributed by atoms with Crippen LogP contribution in [0.15, 0.2) is 0 Å². The number of nitrogens with zero attached hydrogens (tertiary/aromatic N) is 1. The number of ether oxygens (including phenoxy) is 1. The second-order valence-electron chi connectivity index (χ2n) is 5.37. The van der Waals surface area contributed by atoms with Crippen LogP contribution in [0.4, 0.5) is 0 Å². The number of likely N-dealkylation sites (tertiary alicyclic amines) is 1. The Labute approximate surface area is 104 Å². The summed E-state index contributed by atoms with van der Waals surface area (Å²) >= 11 is 0. The highest BCUT2D eigenvalue weighted by Gasteiger charge is 2.29. The molecule has 2 saturated heterocycles. The van der Waals surface area contributed by atoms with Gasteiger partial charge in [0.25, 0.3) is 0 Å². The molecule has 0 aromatic rings. The Morgan fingerprint density at radius 1 is 1.18 bits per heavy atom. The van der Waals surface area contributed by atoms with E-state index < -0.39 is 0 Å². The van der Waals surface area contributed by atoms with E-state index >= 15 is 0 Å². The zero-order valence-electron chi connectivity index (χ0n) is 10.6. The number of hydrogen-bond donors (Lipinski definition) is 2. The molecule has 100 valence electrons. The quantitative estimate of drug-likeness (QED) is 0.763. The number of aliphatic hydroxyl groups excluding tert-OH is 2. The van der Waals surface area contributed by atoms with Crippen molar-refractivity contribution in [1.82, 2.24) is 4.90 Å². The molecule has 2 aliphatic heterocycles. The fraction of sp³-hybridized carbons (Fsp3) is 1.00. The van der Waals surface area contributed by atoms with Crippen molar-refractivity contribution >= 4 is 0 Å². The highest BCUT2D eigenvalue weighted by molar-refractivity contribution is 4.81. The third-order valence-electron chi connectivity index (χ3n) is 4.11. The van der Waals surface area contributed by atoms with Gasteiger partial charge in [-0.3, -0.25) is 4.90 Å². The summed E-state index contributed by atoms with van der Waals surface area (Å²) in [5.41, 5.74) is 0. The van der Waals surface area contributed by atoms with E-state index in [2.05, 4.69) is 4.90 Å². The first-order valence-corrected chi connectivity index (χ1v) is 6.92. The number of hydrogen-bond acceptors (Lipinski definition) is 4. The highest BCUT2D eigenvalue weighted by atomic mass is 16.5. The van der Waals surface area contributed by atoms with Gasteiger partial charge in [-0.15, -0.1) is 0 Å². The first-order valence-electron chi connectivity index (χ1n) is 6.92. The van der Waals surface area contributed by atoms with Gasteiger partial charge in [0.15, 0.2) is 0 Å². The van der Waals surface area contributed by atoms with Crippen LogP contribution in [0.5, 0.6) is 0 Å². The lowest BCUT2D eigenvalue weighted by Gasteiger charge is -2.35. The average molecular weight is 243 g/mol. The average Bonchev–Trinajstić information content (AvgIpc) is 2.57. The predicted molar refractivity (Wildman–Crippen MR) is 65.8 cm³/mol. The van der Waals surface area contributed by atoms with Crippen LogP contribution < -0.4 is 0 Å². The van der Waals surface area contributed by atoms with Crippen LogP contribution in [0.2, 0.25) is 0 Å². The molecule has 0 aliphatic carbocycles. The molecule has 0 aromatic carbocycles. The second-order valence-corrected chi connectivity index (χ2v) is 5.37. The van der Waals surface area contributed by atoms with Crippen LogP contribution in [0.25, 0.3) is 0 Å². The molecule has 3 unspecified atom stereocenters. The minimum atomic E-state index is -0.230. The highest BCUT2D eigenvalue weighted by Crippen LogP contribution is 2.21. The molecule has 2 heterocycles. The van der Waals surface area contributed by atoms with E-state index in [1.54, 1.807) is 0 Å². The van der Waals surface area contributed by atoms with Crippen molar-refractivity contribution in [2.24, 2.45) is 5.92 Å². The van der Waals surface area contributed by atoms with Crippen LogP contribution in [0.1, 0.15) is 32.1 Å². The molecule has 4 nitrogen and oxygen atoms in total. The number of aliphatic hydroxyl groups is 2. The summed E-state index contributed by atoms with van der Waals surface area (Å²) in [5, 5.41) is 19.4. The van der Waals surface area contributed by atoms with Gasteiger partial charge in [-0.25, -0.2) is 0 Å². The van der Waals surface area contributed by atoms with Gasteiger partial charge in [-0.05, 0) is 25.8 Å². The lowest BCUT2D eigenvalue weighted by Crippen LogP contribution is -2.46. The summed E-state index contributed by atoms with van der Waals surface area (Å²) in [6, 6.07) is 0.284. The molecule has 3 atom stereocenters. The van der Waals surface area contributed by atoms with Crippen molar-refractivity contribution < 1.29 is 14.9 Å². The molecule has 17 heavy (non-hydrogen) atoms. The monoisotopic (exact) mass is 243 g/mol. The van der Waals surface area contributed by atoms with Crippen molar-refractivity contribution in [3.8, 4) is 0 Å². The van der Waals surface area contributed by atoms with Crippen LogP contribution in [0.3, 0.4) is 0 Å². The van der Waals surface area contributed by atoms with Crippen LogP contribution in [-0.2, 0) is 4.74 Å². The van der Waals surface area contributed by atoms with Gasteiger partial charge in [0, 0.05) is 25.1 Å². The second kappa shape index (κ2) is 6.69. The topological polar surface area (TPSA) is 52.9 Å². The van der Waals surface area contributed by atoms with E-state index in [0.717, 1.165) is 25.9 Å². The Kier molecular flexibility index (Phi) is 5.22. The number of rotatable bonds is 3. The zero-order chi connectivity index (χ0) is 12.1. The summed E-state index contributed by atoms with van der Waals surface area (Å²) < 4.78 is 5.45. The van der Waals surface area contributed by atoms with Crippen LogP contribution >= 0.6 is 0 Å². The molecule has 0 radical (unpaired) electrons. The van der Waals surface area contributed by atoms with Crippen molar-refractivity contribution in [3.63, 3.8) is 0 Å². The Morgan fingerprint density at radius 2 is 2.06 bits per heavy atom. The molecule has 2 fully saturated rings. The van der Waals surface area contributed by atoms with Crippen molar-refractivity contribution in [2.45, 2.75) is 44.2 Å². The Balaban J connectivity index is 1.89. The zero-order valence-corrected chi connectivity index (χ0v) is 10.6. The van der Waals surface area contributed by atoms with Crippen molar-refractivity contribution in [2.75, 3.05) is 32.9 Å². The Morgan fingerprint density at radius 3 is 2.82 bits per heavy atom. The van der Waals surface area contributed by atoms with E-state index in [-0.39, 0.29) is 24.7 Å². The fourth-order valence-electron chi connectivity index (χ4n) is 2.95. The molecule has 4 heteroatoms. The fourth-order valence-corrected chi connectivity index (χ4v) is 2.95. The van der Waals surface area contributed by atoms with Gasteiger partial charge in [-0.1, -0.05) is 12.8 Å². The molecule has 0 saturated carbocycles. The predicted octanol–water partition coefficient (Wildman–Crippen LogP) is 0.621. The summed E-state index contributed by atoms with van der Waals surface area (Å²) in [5.74, 6) is 0.218. The smallest absolute Gasteiger partial charge is 0.0624 e. The summed E-state index contributed by atoms with van der Waals surface area (Å²) in [4.78, 5) is 2.36. The molecule has 0 bridgehead atoms. The molecule has 2 rings (SSSR count). The van der Waals surface area contributed by atoms with Gasteiger partial charge < -0.3 is 14.9 Å². The van der Waals surface area contributed by atoms with Gasteiger partial charge in [0.2, 0.25) is 0 Å². The molecular weight excluding hydrogens is 218 g/mol. The van der Waals surface area contributed by atoms with E-state index in [1.165, 1.54) is 19.3 Å². The van der Waals surface area contributed by atoms with Crippen molar-refractivity contribution in [3.05, 3.63) is 0 Å². The summed E-state index contributed by atoms with van der Waals surface area (Å²) in [7, 11) is 0. The Hall–Kier alpha value is -0.160. The third-order valence-corrected chi connectivity index (χ3v) is 4.11. The van der Waals surface area contributed by atoms with E-state index in [0.29, 0.717) is 13.2 Å². The normalized spacial score (nSPS) is 36.7. The van der Waals surface area contributed by atoms with E-state index in [1.807, 2.05) is 0 Å². The lowest BCUT2D eigenvalue weighted by atomic mass is 9.97. The van der Waals surface area contributed by atoms with E-state index in [4.69, 9.17) is 4.74 Å². The molecule has 2 aliphatic rings. The summed E-state index contributed by atoms with van der Waals surface area (Å²) in [6.07, 6.45) is 5.29. The van der Waals surface area contributed by atoms with Crippen LogP contribution in [-0.4, -0.2) is 60.2 Å². The standard InChI is InChI=1S/C13H25NO3/c15-9-12-4-2-1-3-6-14(12)8-11-10-17-7-5-13(11)16/h11-13,15-16H,1-10H2. The van der Waals surface area contributed by atoms with Gasteiger partial charge >= 0.3 is 0 Å². The largest absolute Gasteiger partial charge is 0.395 e. The maximum atomic E-state index is 9.96. The maximum absolute atomic E-state index is 9.96. The van der Waals surface area contributed by atoms with Gasteiger partial charge in [-0.2, -0.15) is 0 Å². The summed E-state index contributed by atoms with van der Waals surface area (Å²) in [6.45, 7) is 3.50. The SMILES string of the molecule is OCC1CCCCCN1CC1COCCC1O. The first kappa shape index (κ1) is 13.3. The minimum absolute atomic E-state index is 0.218.